The highest BCUT2D eigenvalue weighted by Gasteiger charge is 2.42. The molecule has 122 valence electrons. The molecular formula is C13H23F3N4O. The van der Waals surface area contributed by atoms with Crippen molar-refractivity contribution in [3.8, 4) is 0 Å². The summed E-state index contributed by atoms with van der Waals surface area (Å²) in [4.78, 5) is 16.8. The fourth-order valence-electron chi connectivity index (χ4n) is 2.32. The van der Waals surface area contributed by atoms with Gasteiger partial charge in [0.2, 0.25) is 5.91 Å². The van der Waals surface area contributed by atoms with Gasteiger partial charge in [0.05, 0.1) is 12.5 Å². The molecule has 1 rings (SSSR count). The second kappa shape index (κ2) is 7.51. The minimum Gasteiger partial charge on any atom is -0.354 e. The maximum Gasteiger partial charge on any atom is 0.391 e. The first kappa shape index (κ1) is 17.6. The molecule has 1 amide bonds. The third-order valence-electron chi connectivity index (χ3n) is 3.61. The molecule has 8 heteroatoms. The van der Waals surface area contributed by atoms with Crippen LogP contribution in [0.2, 0.25) is 0 Å². The van der Waals surface area contributed by atoms with Crippen molar-refractivity contribution in [2.45, 2.75) is 37.9 Å². The van der Waals surface area contributed by atoms with Crippen molar-refractivity contribution in [2.24, 2.45) is 10.9 Å². The van der Waals surface area contributed by atoms with Gasteiger partial charge in [-0.1, -0.05) is 6.42 Å². The van der Waals surface area contributed by atoms with E-state index in [-0.39, 0.29) is 31.3 Å². The van der Waals surface area contributed by atoms with Gasteiger partial charge in [0, 0.05) is 27.2 Å². The Hall–Kier alpha value is -1.47. The molecule has 1 aliphatic carbocycles. The Morgan fingerprint density at radius 2 is 2.00 bits per heavy atom. The van der Waals surface area contributed by atoms with Crippen molar-refractivity contribution >= 4 is 11.9 Å². The Balaban J connectivity index is 2.48. The number of carbonyl (C=O) groups excluding carboxylic acids is 1. The smallest absolute Gasteiger partial charge is 0.354 e. The Kier molecular flexibility index (Phi) is 6.29. The first-order chi connectivity index (χ1) is 9.74. The Bertz CT molecular complexity index is 382. The van der Waals surface area contributed by atoms with Gasteiger partial charge >= 0.3 is 6.18 Å². The second-order valence-corrected chi connectivity index (χ2v) is 5.46. The molecule has 0 aromatic rings. The molecule has 0 bridgehead atoms. The number of hydrogen-bond donors (Lipinski definition) is 2. The number of carbonyl (C=O) groups is 1. The molecule has 0 saturated heterocycles. The van der Waals surface area contributed by atoms with E-state index in [4.69, 9.17) is 0 Å². The zero-order chi connectivity index (χ0) is 16.0. The van der Waals surface area contributed by atoms with Crippen LogP contribution < -0.4 is 10.6 Å². The summed E-state index contributed by atoms with van der Waals surface area (Å²) in [5.74, 6) is -1.03. The number of guanidine groups is 1. The topological polar surface area (TPSA) is 56.7 Å². The number of aliphatic imine (C=N–C) groups is 1. The van der Waals surface area contributed by atoms with E-state index in [1.165, 1.54) is 11.9 Å². The van der Waals surface area contributed by atoms with Crippen LogP contribution in [0.3, 0.4) is 0 Å². The molecule has 5 nitrogen and oxygen atoms in total. The third-order valence-corrected chi connectivity index (χ3v) is 3.61. The lowest BCUT2D eigenvalue weighted by Crippen LogP contribution is -2.48. The monoisotopic (exact) mass is 308 g/mol. The molecule has 21 heavy (non-hydrogen) atoms. The van der Waals surface area contributed by atoms with Crippen LogP contribution in [0.25, 0.3) is 0 Å². The van der Waals surface area contributed by atoms with Crippen LogP contribution in [-0.2, 0) is 4.79 Å². The molecule has 2 unspecified atom stereocenters. The van der Waals surface area contributed by atoms with Gasteiger partial charge in [0.25, 0.3) is 0 Å². The summed E-state index contributed by atoms with van der Waals surface area (Å²) in [7, 11) is 4.80. The van der Waals surface area contributed by atoms with E-state index in [0.717, 1.165) is 0 Å². The molecule has 0 heterocycles. The van der Waals surface area contributed by atoms with Crippen molar-refractivity contribution in [1.82, 2.24) is 15.5 Å². The molecule has 0 aromatic carbocycles. The number of nitrogens with zero attached hydrogens (tertiary/aromatic N) is 2. The minimum atomic E-state index is -4.14. The van der Waals surface area contributed by atoms with E-state index >= 15 is 0 Å². The van der Waals surface area contributed by atoms with Crippen LogP contribution in [0.15, 0.2) is 4.99 Å². The molecule has 0 aliphatic heterocycles. The van der Waals surface area contributed by atoms with Crippen LogP contribution in [0.4, 0.5) is 13.2 Å². The summed E-state index contributed by atoms with van der Waals surface area (Å²) in [6, 6.07) is -0.272. The number of halogens is 3. The normalized spacial score (nSPS) is 23.6. The summed E-state index contributed by atoms with van der Waals surface area (Å²) in [6.45, 7) is 0.0576. The molecule has 1 aliphatic rings. The lowest BCUT2D eigenvalue weighted by molar-refractivity contribution is -0.183. The van der Waals surface area contributed by atoms with Crippen LogP contribution in [-0.4, -0.2) is 56.7 Å². The van der Waals surface area contributed by atoms with Crippen LogP contribution in [0, 0.1) is 5.92 Å². The van der Waals surface area contributed by atoms with Gasteiger partial charge in [-0.3, -0.25) is 9.79 Å². The van der Waals surface area contributed by atoms with Crippen LogP contribution in [0.1, 0.15) is 25.7 Å². The van der Waals surface area contributed by atoms with Crippen molar-refractivity contribution in [3.05, 3.63) is 0 Å². The fraction of sp³-hybridized carbons (Fsp3) is 0.846. The summed E-state index contributed by atoms with van der Waals surface area (Å²) >= 11 is 0. The van der Waals surface area contributed by atoms with Crippen molar-refractivity contribution in [2.75, 3.05) is 27.7 Å². The summed E-state index contributed by atoms with van der Waals surface area (Å²) in [6.07, 6.45) is -2.69. The predicted octanol–water partition coefficient (Wildman–Crippen LogP) is 1.36. The highest BCUT2D eigenvalue weighted by Crippen LogP contribution is 2.37. The molecule has 2 atom stereocenters. The minimum absolute atomic E-state index is 0.0474. The first-order valence-electron chi connectivity index (χ1n) is 6.98. The maximum absolute atomic E-state index is 12.8. The molecule has 0 radical (unpaired) electrons. The molecular weight excluding hydrogens is 285 g/mol. The third kappa shape index (κ3) is 5.81. The zero-order valence-corrected chi connectivity index (χ0v) is 12.6. The van der Waals surface area contributed by atoms with E-state index in [1.807, 2.05) is 0 Å². The van der Waals surface area contributed by atoms with Gasteiger partial charge in [-0.05, 0) is 19.3 Å². The molecule has 1 fully saturated rings. The van der Waals surface area contributed by atoms with Crippen molar-refractivity contribution < 1.29 is 18.0 Å². The highest BCUT2D eigenvalue weighted by molar-refractivity contribution is 5.86. The van der Waals surface area contributed by atoms with E-state index in [1.54, 1.807) is 14.1 Å². The van der Waals surface area contributed by atoms with Gasteiger partial charge in [-0.15, -0.1) is 0 Å². The summed E-state index contributed by atoms with van der Waals surface area (Å²) in [5.41, 5.74) is 0. The molecule has 1 saturated carbocycles. The zero-order valence-electron chi connectivity index (χ0n) is 12.6. The van der Waals surface area contributed by atoms with Crippen LogP contribution in [0.5, 0.6) is 0 Å². The number of rotatable bonds is 3. The quantitative estimate of drug-likeness (QED) is 0.611. The number of amides is 1. The molecule has 0 spiro atoms. The van der Waals surface area contributed by atoms with Gasteiger partial charge in [-0.2, -0.15) is 13.2 Å². The largest absolute Gasteiger partial charge is 0.391 e. The maximum atomic E-state index is 12.8. The van der Waals surface area contributed by atoms with E-state index < -0.39 is 12.1 Å². The average Bonchev–Trinajstić information content (AvgIpc) is 2.42. The summed E-state index contributed by atoms with van der Waals surface area (Å²) < 4.78 is 38.3. The predicted molar refractivity (Wildman–Crippen MR) is 75.0 cm³/mol. The lowest BCUT2D eigenvalue weighted by Gasteiger charge is -2.31. The summed E-state index contributed by atoms with van der Waals surface area (Å²) in [5, 5.41) is 5.79. The first-order valence-corrected chi connectivity index (χ1v) is 6.98. The number of hydrogen-bond acceptors (Lipinski definition) is 2. The van der Waals surface area contributed by atoms with E-state index in [0.29, 0.717) is 18.8 Å². The average molecular weight is 308 g/mol. The van der Waals surface area contributed by atoms with Crippen molar-refractivity contribution in [3.63, 3.8) is 0 Å². The number of likely N-dealkylation sites (N-methyl/N-ethyl adjacent to an activating group) is 1. The van der Waals surface area contributed by atoms with Crippen LogP contribution >= 0.6 is 0 Å². The Morgan fingerprint density at radius 1 is 1.33 bits per heavy atom. The van der Waals surface area contributed by atoms with Gasteiger partial charge in [-0.25, -0.2) is 0 Å². The Morgan fingerprint density at radius 3 is 2.52 bits per heavy atom. The number of nitrogens with one attached hydrogen (secondary N) is 2. The lowest BCUT2D eigenvalue weighted by atomic mass is 9.85. The fourth-order valence-corrected chi connectivity index (χ4v) is 2.32. The SMILES string of the molecule is CN=C(NCC(=O)N(C)C)NC1CCCC(C(F)(F)F)C1. The van der Waals surface area contributed by atoms with Gasteiger partial charge in [0.15, 0.2) is 5.96 Å². The second-order valence-electron chi connectivity index (χ2n) is 5.46. The van der Waals surface area contributed by atoms with Gasteiger partial charge < -0.3 is 15.5 Å². The molecule has 2 N–H and O–H groups in total. The number of alkyl halides is 3. The standard InChI is InChI=1S/C13H23F3N4O/c1-17-12(18-8-11(21)20(2)3)19-10-6-4-5-9(7-10)13(14,15)16/h9-10H,4-8H2,1-3H3,(H2,17,18,19). The van der Waals surface area contributed by atoms with E-state index in [2.05, 4.69) is 15.6 Å². The van der Waals surface area contributed by atoms with Gasteiger partial charge in [0.1, 0.15) is 0 Å². The van der Waals surface area contributed by atoms with Crippen molar-refractivity contribution in [1.29, 1.82) is 0 Å². The Labute approximate surface area is 123 Å². The highest BCUT2D eigenvalue weighted by atomic mass is 19.4. The van der Waals surface area contributed by atoms with E-state index in [9.17, 15) is 18.0 Å². The molecule has 0 aromatic heterocycles.